The molecule has 0 radical (unpaired) electrons. The Morgan fingerprint density at radius 2 is 1.96 bits per heavy atom. The Morgan fingerprint density at radius 1 is 1.23 bits per heavy atom. The SMILES string of the molecule is CC(C)n1nc(C(=O)NNC(=O)C[C@@H]2C=CCC2)c2ccccc2c1=O. The number of amides is 2. The molecule has 0 unspecified atom stereocenters. The number of carbonyl (C=O) groups is 2. The first-order valence-corrected chi connectivity index (χ1v) is 8.74. The van der Waals surface area contributed by atoms with Gasteiger partial charge in [-0.15, -0.1) is 0 Å². The molecule has 7 heteroatoms. The van der Waals surface area contributed by atoms with Gasteiger partial charge >= 0.3 is 0 Å². The topological polar surface area (TPSA) is 93.1 Å². The van der Waals surface area contributed by atoms with Crippen LogP contribution in [0.3, 0.4) is 0 Å². The van der Waals surface area contributed by atoms with Crippen molar-refractivity contribution in [1.82, 2.24) is 20.6 Å². The molecule has 1 aromatic carbocycles. The van der Waals surface area contributed by atoms with Crippen molar-refractivity contribution >= 4 is 22.6 Å². The molecule has 7 nitrogen and oxygen atoms in total. The van der Waals surface area contributed by atoms with Gasteiger partial charge in [0.2, 0.25) is 5.91 Å². The van der Waals surface area contributed by atoms with Gasteiger partial charge in [-0.3, -0.25) is 25.2 Å². The molecule has 0 aliphatic heterocycles. The standard InChI is InChI=1S/C19H22N4O3/c1-12(2)23-19(26)15-10-6-5-9-14(15)17(22-23)18(25)21-20-16(24)11-13-7-3-4-8-13/h3,5-7,9-10,12-13H,4,8,11H2,1-2H3,(H,20,24)(H,21,25)/t13-/m1/s1. The highest BCUT2D eigenvalue weighted by Gasteiger charge is 2.19. The van der Waals surface area contributed by atoms with Crippen LogP contribution in [0.1, 0.15) is 49.6 Å². The van der Waals surface area contributed by atoms with Gasteiger partial charge in [-0.1, -0.05) is 30.4 Å². The number of carbonyl (C=O) groups excluding carboxylic acids is 2. The fourth-order valence-corrected chi connectivity index (χ4v) is 3.06. The molecule has 26 heavy (non-hydrogen) atoms. The fraction of sp³-hybridized carbons (Fsp3) is 0.368. The summed E-state index contributed by atoms with van der Waals surface area (Å²) in [5, 5.41) is 5.09. The van der Waals surface area contributed by atoms with Crippen molar-refractivity contribution in [3.63, 3.8) is 0 Å². The van der Waals surface area contributed by atoms with E-state index in [-0.39, 0.29) is 29.1 Å². The van der Waals surface area contributed by atoms with E-state index in [0.717, 1.165) is 12.8 Å². The fourth-order valence-electron chi connectivity index (χ4n) is 3.06. The molecule has 0 bridgehead atoms. The van der Waals surface area contributed by atoms with Crippen LogP contribution >= 0.6 is 0 Å². The van der Waals surface area contributed by atoms with Gasteiger partial charge < -0.3 is 0 Å². The summed E-state index contributed by atoms with van der Waals surface area (Å²) in [7, 11) is 0. The van der Waals surface area contributed by atoms with Crippen LogP contribution < -0.4 is 16.4 Å². The number of aromatic nitrogens is 2. The Labute approximate surface area is 151 Å². The summed E-state index contributed by atoms with van der Waals surface area (Å²) in [5.74, 6) is -0.587. The number of hydrazine groups is 1. The molecular weight excluding hydrogens is 332 g/mol. The van der Waals surface area contributed by atoms with Crippen LogP contribution in [0.4, 0.5) is 0 Å². The molecule has 2 N–H and O–H groups in total. The summed E-state index contributed by atoms with van der Waals surface area (Å²) >= 11 is 0. The van der Waals surface area contributed by atoms with Crippen molar-refractivity contribution in [2.75, 3.05) is 0 Å². The second-order valence-corrected chi connectivity index (χ2v) is 6.71. The molecule has 0 saturated heterocycles. The normalized spacial score (nSPS) is 16.2. The lowest BCUT2D eigenvalue weighted by atomic mass is 10.1. The van der Waals surface area contributed by atoms with E-state index in [0.29, 0.717) is 17.2 Å². The lowest BCUT2D eigenvalue weighted by molar-refractivity contribution is -0.122. The van der Waals surface area contributed by atoms with E-state index in [9.17, 15) is 14.4 Å². The summed E-state index contributed by atoms with van der Waals surface area (Å²) in [4.78, 5) is 37.1. The van der Waals surface area contributed by atoms with Crippen molar-refractivity contribution in [2.45, 2.75) is 39.2 Å². The summed E-state index contributed by atoms with van der Waals surface area (Å²) in [6.07, 6.45) is 6.34. The monoisotopic (exact) mass is 354 g/mol. The van der Waals surface area contributed by atoms with Gasteiger partial charge in [0.25, 0.3) is 11.5 Å². The molecule has 2 amide bonds. The Morgan fingerprint density at radius 3 is 2.62 bits per heavy atom. The number of benzene rings is 1. The van der Waals surface area contributed by atoms with E-state index in [1.807, 2.05) is 19.9 Å². The van der Waals surface area contributed by atoms with Gasteiger partial charge in [0, 0.05) is 11.8 Å². The van der Waals surface area contributed by atoms with E-state index < -0.39 is 5.91 Å². The Kier molecular flexibility index (Phi) is 5.16. The van der Waals surface area contributed by atoms with Crippen LogP contribution in [0.25, 0.3) is 10.8 Å². The van der Waals surface area contributed by atoms with Crippen molar-refractivity contribution in [2.24, 2.45) is 5.92 Å². The number of hydrogen-bond donors (Lipinski definition) is 2. The number of fused-ring (bicyclic) bond motifs is 1. The highest BCUT2D eigenvalue weighted by atomic mass is 16.2. The summed E-state index contributed by atoms with van der Waals surface area (Å²) in [6.45, 7) is 3.64. The van der Waals surface area contributed by atoms with Crippen LogP contribution in [0.5, 0.6) is 0 Å². The molecule has 0 spiro atoms. The molecule has 1 aliphatic rings. The predicted octanol–water partition coefficient (Wildman–Crippen LogP) is 2.09. The number of nitrogens with zero attached hydrogens (tertiary/aromatic N) is 2. The van der Waals surface area contributed by atoms with Crippen LogP contribution in [0, 0.1) is 5.92 Å². The molecule has 0 saturated carbocycles. The number of allylic oxidation sites excluding steroid dienone is 2. The van der Waals surface area contributed by atoms with Gasteiger partial charge in [-0.25, -0.2) is 4.68 Å². The zero-order valence-electron chi connectivity index (χ0n) is 14.9. The molecule has 136 valence electrons. The van der Waals surface area contributed by atoms with E-state index in [2.05, 4.69) is 22.0 Å². The molecule has 1 aliphatic carbocycles. The smallest absolute Gasteiger partial charge is 0.273 e. The molecular formula is C19H22N4O3. The van der Waals surface area contributed by atoms with Gasteiger partial charge in [0.15, 0.2) is 5.69 Å². The molecule has 1 atom stereocenters. The first-order chi connectivity index (χ1) is 12.5. The first-order valence-electron chi connectivity index (χ1n) is 8.74. The Balaban J connectivity index is 1.81. The Bertz CT molecular complexity index is 930. The van der Waals surface area contributed by atoms with E-state index in [1.54, 1.807) is 24.3 Å². The maximum atomic E-state index is 12.6. The third-order valence-electron chi connectivity index (χ3n) is 4.41. The van der Waals surface area contributed by atoms with Gasteiger partial charge in [-0.05, 0) is 38.7 Å². The lowest BCUT2D eigenvalue weighted by Crippen LogP contribution is -2.43. The van der Waals surface area contributed by atoms with Crippen LogP contribution in [-0.4, -0.2) is 21.6 Å². The second kappa shape index (κ2) is 7.51. The molecule has 3 rings (SSSR count). The maximum Gasteiger partial charge on any atom is 0.290 e. The minimum absolute atomic E-state index is 0.106. The third-order valence-corrected chi connectivity index (χ3v) is 4.41. The average molecular weight is 354 g/mol. The number of nitrogens with one attached hydrogen (secondary N) is 2. The third kappa shape index (κ3) is 3.66. The highest BCUT2D eigenvalue weighted by Crippen LogP contribution is 2.20. The van der Waals surface area contributed by atoms with Crippen molar-refractivity contribution in [3.8, 4) is 0 Å². The zero-order valence-corrected chi connectivity index (χ0v) is 14.9. The van der Waals surface area contributed by atoms with Crippen LogP contribution in [-0.2, 0) is 4.79 Å². The van der Waals surface area contributed by atoms with E-state index >= 15 is 0 Å². The molecule has 1 aromatic heterocycles. The van der Waals surface area contributed by atoms with Crippen molar-refractivity contribution < 1.29 is 9.59 Å². The van der Waals surface area contributed by atoms with Crippen LogP contribution in [0.2, 0.25) is 0 Å². The summed E-state index contributed by atoms with van der Waals surface area (Å²) < 4.78 is 1.28. The van der Waals surface area contributed by atoms with Crippen molar-refractivity contribution in [3.05, 3.63) is 52.5 Å². The van der Waals surface area contributed by atoms with Crippen LogP contribution in [0.15, 0.2) is 41.2 Å². The van der Waals surface area contributed by atoms with Crippen molar-refractivity contribution in [1.29, 1.82) is 0 Å². The minimum Gasteiger partial charge on any atom is -0.273 e. The van der Waals surface area contributed by atoms with Gasteiger partial charge in [-0.2, -0.15) is 5.10 Å². The maximum absolute atomic E-state index is 12.6. The predicted molar refractivity (Wildman–Crippen MR) is 98.5 cm³/mol. The summed E-state index contributed by atoms with van der Waals surface area (Å²) in [6, 6.07) is 6.63. The average Bonchev–Trinajstić information content (AvgIpc) is 3.13. The minimum atomic E-state index is -0.550. The number of rotatable bonds is 4. The molecule has 1 heterocycles. The van der Waals surface area contributed by atoms with E-state index in [4.69, 9.17) is 0 Å². The largest absolute Gasteiger partial charge is 0.290 e. The highest BCUT2D eigenvalue weighted by molar-refractivity contribution is 6.05. The number of hydrogen-bond acceptors (Lipinski definition) is 4. The first kappa shape index (κ1) is 17.8. The summed E-state index contributed by atoms with van der Waals surface area (Å²) in [5.41, 5.74) is 4.71. The van der Waals surface area contributed by atoms with Gasteiger partial charge in [0.05, 0.1) is 11.4 Å². The quantitative estimate of drug-likeness (QED) is 0.649. The van der Waals surface area contributed by atoms with E-state index in [1.165, 1.54) is 4.68 Å². The molecule has 0 fully saturated rings. The Hall–Kier alpha value is -2.96. The second-order valence-electron chi connectivity index (χ2n) is 6.71. The molecule has 2 aromatic rings. The lowest BCUT2D eigenvalue weighted by Gasteiger charge is -2.14. The zero-order chi connectivity index (χ0) is 18.7. The van der Waals surface area contributed by atoms with Gasteiger partial charge in [0.1, 0.15) is 0 Å².